The Labute approximate surface area is 79.7 Å². The van der Waals surface area contributed by atoms with E-state index in [4.69, 9.17) is 19.9 Å². The minimum Gasteiger partial charge on any atom is -0.460 e. The molecule has 0 atom stereocenters. The topological polar surface area (TPSA) is 89.0 Å². The van der Waals surface area contributed by atoms with Crippen LogP contribution in [0.15, 0.2) is 21.1 Å². The lowest BCUT2D eigenvalue weighted by atomic mass is 10.2. The molecule has 5 nitrogen and oxygen atoms in total. The first-order valence-corrected chi connectivity index (χ1v) is 3.94. The van der Waals surface area contributed by atoms with Gasteiger partial charge in [0.1, 0.15) is 17.4 Å². The van der Waals surface area contributed by atoms with E-state index in [2.05, 4.69) is 5.16 Å². The first-order chi connectivity index (χ1) is 6.72. The second-order valence-electron chi connectivity index (χ2n) is 2.79. The van der Waals surface area contributed by atoms with Gasteiger partial charge in [0.25, 0.3) is 0 Å². The van der Waals surface area contributed by atoms with Crippen molar-refractivity contribution in [2.45, 2.75) is 6.92 Å². The second kappa shape index (κ2) is 2.92. The lowest BCUT2D eigenvalue weighted by molar-refractivity contribution is 0.435. The Balaban J connectivity index is 2.58. The van der Waals surface area contributed by atoms with Gasteiger partial charge in [-0.15, -0.1) is 0 Å². The average molecular weight is 189 g/mol. The molecule has 0 spiro atoms. The highest BCUT2D eigenvalue weighted by Gasteiger charge is 2.17. The monoisotopic (exact) mass is 189 g/mol. The predicted octanol–water partition coefficient (Wildman–Crippen LogP) is 1.70. The van der Waals surface area contributed by atoms with Crippen LogP contribution >= 0.6 is 0 Å². The Kier molecular flexibility index (Phi) is 1.75. The van der Waals surface area contributed by atoms with Crippen LogP contribution in [-0.2, 0) is 0 Å². The smallest absolute Gasteiger partial charge is 0.240 e. The number of nitrogen functional groups attached to an aromatic ring is 1. The third-order valence-electron chi connectivity index (χ3n) is 1.80. The maximum absolute atomic E-state index is 8.78. The van der Waals surface area contributed by atoms with Gasteiger partial charge in [-0.25, -0.2) is 0 Å². The molecule has 0 amide bonds. The van der Waals surface area contributed by atoms with Crippen molar-refractivity contribution in [3.05, 3.63) is 23.5 Å². The molecule has 0 aromatic carbocycles. The number of nitriles is 1. The number of aryl methyl sites for hydroxylation is 1. The summed E-state index contributed by atoms with van der Waals surface area (Å²) in [5, 5.41) is 12.4. The van der Waals surface area contributed by atoms with Gasteiger partial charge in [0.2, 0.25) is 5.88 Å². The van der Waals surface area contributed by atoms with Gasteiger partial charge in [0, 0.05) is 0 Å². The fourth-order valence-electron chi connectivity index (χ4n) is 1.14. The summed E-state index contributed by atoms with van der Waals surface area (Å²) in [6.07, 6.45) is 0. The van der Waals surface area contributed by atoms with Gasteiger partial charge in [0.05, 0.1) is 0 Å². The largest absolute Gasteiger partial charge is 0.460 e. The summed E-state index contributed by atoms with van der Waals surface area (Å²) in [6, 6.07) is 5.41. The molecule has 0 radical (unpaired) electrons. The molecule has 0 unspecified atom stereocenters. The summed E-state index contributed by atoms with van der Waals surface area (Å²) in [7, 11) is 0. The van der Waals surface area contributed by atoms with E-state index in [0.29, 0.717) is 11.5 Å². The van der Waals surface area contributed by atoms with E-state index in [0.717, 1.165) is 5.76 Å². The third-order valence-corrected chi connectivity index (χ3v) is 1.80. The molecular weight excluding hydrogens is 182 g/mol. The maximum Gasteiger partial charge on any atom is 0.240 e. The van der Waals surface area contributed by atoms with Crippen molar-refractivity contribution in [1.82, 2.24) is 5.16 Å². The van der Waals surface area contributed by atoms with Crippen molar-refractivity contribution >= 4 is 5.88 Å². The van der Waals surface area contributed by atoms with E-state index in [1.165, 1.54) is 0 Å². The molecule has 2 heterocycles. The van der Waals surface area contributed by atoms with E-state index >= 15 is 0 Å². The highest BCUT2D eigenvalue weighted by atomic mass is 16.5. The van der Waals surface area contributed by atoms with E-state index in [-0.39, 0.29) is 11.4 Å². The van der Waals surface area contributed by atoms with Gasteiger partial charge in [-0.05, 0) is 19.1 Å². The van der Waals surface area contributed by atoms with E-state index in [9.17, 15) is 0 Å². The summed E-state index contributed by atoms with van der Waals surface area (Å²) in [4.78, 5) is 0. The fraction of sp³-hybridized carbons (Fsp3) is 0.111. The van der Waals surface area contributed by atoms with Crippen molar-refractivity contribution in [2.75, 3.05) is 5.73 Å². The maximum atomic E-state index is 8.78. The summed E-state index contributed by atoms with van der Waals surface area (Å²) in [5.41, 5.74) is 5.96. The number of nitrogens with zero attached hydrogens (tertiary/aromatic N) is 2. The Morgan fingerprint density at radius 2 is 2.29 bits per heavy atom. The van der Waals surface area contributed by atoms with Crippen molar-refractivity contribution in [1.29, 1.82) is 5.26 Å². The van der Waals surface area contributed by atoms with Crippen molar-refractivity contribution in [3.8, 4) is 17.5 Å². The van der Waals surface area contributed by atoms with Crippen LogP contribution in [0.3, 0.4) is 0 Å². The van der Waals surface area contributed by atoms with E-state index in [1.54, 1.807) is 19.1 Å². The molecule has 0 aliphatic carbocycles. The quantitative estimate of drug-likeness (QED) is 0.737. The van der Waals surface area contributed by atoms with Gasteiger partial charge in [0.15, 0.2) is 11.5 Å². The summed E-state index contributed by atoms with van der Waals surface area (Å²) < 4.78 is 9.99. The predicted molar refractivity (Wildman–Crippen MR) is 48.1 cm³/mol. The van der Waals surface area contributed by atoms with Gasteiger partial charge >= 0.3 is 0 Å². The summed E-state index contributed by atoms with van der Waals surface area (Å²) >= 11 is 0. The number of hydrogen-bond donors (Lipinski definition) is 1. The molecule has 2 aromatic rings. The van der Waals surface area contributed by atoms with Crippen LogP contribution in [0.5, 0.6) is 0 Å². The number of furan rings is 1. The van der Waals surface area contributed by atoms with Crippen LogP contribution in [0.25, 0.3) is 11.5 Å². The van der Waals surface area contributed by atoms with Crippen LogP contribution in [0.4, 0.5) is 5.88 Å². The lowest BCUT2D eigenvalue weighted by Gasteiger charge is -1.88. The molecule has 14 heavy (non-hydrogen) atoms. The van der Waals surface area contributed by atoms with E-state index < -0.39 is 0 Å². The van der Waals surface area contributed by atoms with Crippen molar-refractivity contribution < 1.29 is 8.94 Å². The molecule has 2 N–H and O–H groups in total. The highest BCUT2D eigenvalue weighted by molar-refractivity contribution is 5.67. The van der Waals surface area contributed by atoms with E-state index in [1.807, 2.05) is 6.07 Å². The molecule has 0 bridgehead atoms. The Hall–Kier alpha value is -2.22. The normalized spacial score (nSPS) is 10.0. The lowest BCUT2D eigenvalue weighted by Crippen LogP contribution is -1.85. The number of nitrogens with two attached hydrogens (primary N) is 1. The first kappa shape index (κ1) is 8.38. The van der Waals surface area contributed by atoms with Crippen LogP contribution in [-0.4, -0.2) is 5.16 Å². The van der Waals surface area contributed by atoms with Crippen molar-refractivity contribution in [3.63, 3.8) is 0 Å². The minimum atomic E-state index is 0.0107. The third kappa shape index (κ3) is 1.13. The van der Waals surface area contributed by atoms with Crippen LogP contribution in [0.1, 0.15) is 11.3 Å². The zero-order valence-electron chi connectivity index (χ0n) is 7.44. The first-order valence-electron chi connectivity index (χ1n) is 3.94. The standard InChI is InChI=1S/C9H7N3O2/c1-5-2-3-7(13-5)8-6(4-10)9(11)14-12-8/h2-3H,11H2,1H3. The molecular formula is C9H7N3O2. The second-order valence-corrected chi connectivity index (χ2v) is 2.79. The Morgan fingerprint density at radius 1 is 1.50 bits per heavy atom. The molecule has 2 rings (SSSR count). The Bertz CT molecular complexity index is 504. The van der Waals surface area contributed by atoms with Gasteiger partial charge in [-0.1, -0.05) is 5.16 Å². The van der Waals surface area contributed by atoms with Gasteiger partial charge in [-0.3, -0.25) is 0 Å². The summed E-state index contributed by atoms with van der Waals surface area (Å²) in [5.74, 6) is 1.24. The molecule has 0 saturated carbocycles. The molecule has 2 aromatic heterocycles. The molecule has 0 aliphatic heterocycles. The fourth-order valence-corrected chi connectivity index (χ4v) is 1.14. The van der Waals surface area contributed by atoms with Crippen molar-refractivity contribution in [2.24, 2.45) is 0 Å². The highest BCUT2D eigenvalue weighted by Crippen LogP contribution is 2.27. The summed E-state index contributed by atoms with van der Waals surface area (Å²) in [6.45, 7) is 1.80. The molecule has 0 aliphatic rings. The Morgan fingerprint density at radius 3 is 2.86 bits per heavy atom. The van der Waals surface area contributed by atoms with Crippen LogP contribution in [0.2, 0.25) is 0 Å². The zero-order chi connectivity index (χ0) is 10.1. The number of hydrogen-bond acceptors (Lipinski definition) is 5. The molecule has 5 heteroatoms. The average Bonchev–Trinajstić information content (AvgIpc) is 2.71. The molecule has 70 valence electrons. The zero-order valence-corrected chi connectivity index (χ0v) is 7.44. The molecule has 0 fully saturated rings. The van der Waals surface area contributed by atoms with Crippen LogP contribution in [0, 0.1) is 18.3 Å². The van der Waals surface area contributed by atoms with Gasteiger partial charge < -0.3 is 14.7 Å². The number of anilines is 1. The SMILES string of the molecule is Cc1ccc(-c2noc(N)c2C#N)o1. The minimum absolute atomic E-state index is 0.0107. The number of aromatic nitrogens is 1. The van der Waals surface area contributed by atoms with Crippen LogP contribution < -0.4 is 5.73 Å². The number of rotatable bonds is 1. The van der Waals surface area contributed by atoms with Gasteiger partial charge in [-0.2, -0.15) is 5.26 Å². The molecule has 0 saturated heterocycles.